The van der Waals surface area contributed by atoms with Crippen molar-refractivity contribution in [1.82, 2.24) is 4.90 Å². The van der Waals surface area contributed by atoms with Crippen molar-refractivity contribution in [3.05, 3.63) is 40.4 Å². The largest absolute Gasteiger partial charge is 0.300 e. The van der Waals surface area contributed by atoms with Gasteiger partial charge in [0.1, 0.15) is 0 Å². The maximum atomic E-state index is 6.63. The minimum atomic E-state index is 0. The lowest BCUT2D eigenvalue weighted by Gasteiger charge is -2.44. The van der Waals surface area contributed by atoms with E-state index in [4.69, 9.17) is 11.6 Å². The summed E-state index contributed by atoms with van der Waals surface area (Å²) >= 11 is 6.63. The van der Waals surface area contributed by atoms with Gasteiger partial charge in [-0.1, -0.05) is 74.4 Å². The summed E-state index contributed by atoms with van der Waals surface area (Å²) in [6.07, 6.45) is 21.6. The van der Waals surface area contributed by atoms with E-state index < -0.39 is 0 Å². The Bertz CT molecular complexity index is 632. The fourth-order valence-corrected chi connectivity index (χ4v) is 6.08. The number of hydrogen-bond acceptors (Lipinski definition) is 1. The van der Waals surface area contributed by atoms with Gasteiger partial charge in [0, 0.05) is 11.6 Å². The van der Waals surface area contributed by atoms with E-state index in [2.05, 4.69) is 35.3 Å². The van der Waals surface area contributed by atoms with Gasteiger partial charge in [-0.15, -0.1) is 12.4 Å². The Morgan fingerprint density at radius 1 is 0.929 bits per heavy atom. The minimum Gasteiger partial charge on any atom is -0.300 e. The number of hydrogen-bond donors (Lipinski definition) is 0. The molecule has 156 valence electrons. The summed E-state index contributed by atoms with van der Waals surface area (Å²) in [4.78, 5) is 2.63. The standard InChI is InChI=1S/C25H36ClN.ClH/c26-24-20-21(11-12-23(24)22-9-3-1-4-10-22)8-7-17-27-18-15-25(16-19-27)13-5-2-6-14-25;/h7-8,11-12,20,22H,1-6,9-10,13-19H2;1H/b8-7+;. The van der Waals surface area contributed by atoms with Crippen molar-refractivity contribution in [3.63, 3.8) is 0 Å². The zero-order valence-electron chi connectivity index (χ0n) is 17.3. The molecule has 0 unspecified atom stereocenters. The summed E-state index contributed by atoms with van der Waals surface area (Å²) in [6, 6.07) is 6.72. The summed E-state index contributed by atoms with van der Waals surface area (Å²) in [6.45, 7) is 3.65. The lowest BCUT2D eigenvalue weighted by atomic mass is 9.68. The molecule has 0 bridgehead atoms. The van der Waals surface area contributed by atoms with Gasteiger partial charge in [0.05, 0.1) is 0 Å². The lowest BCUT2D eigenvalue weighted by molar-refractivity contribution is 0.0738. The van der Waals surface area contributed by atoms with Crippen LogP contribution < -0.4 is 0 Å². The normalized spacial score (nSPS) is 23.8. The third-order valence-corrected chi connectivity index (χ3v) is 7.90. The lowest BCUT2D eigenvalue weighted by Crippen LogP contribution is -2.41. The monoisotopic (exact) mass is 421 g/mol. The highest BCUT2D eigenvalue weighted by Crippen LogP contribution is 2.44. The molecule has 3 heteroatoms. The van der Waals surface area contributed by atoms with Gasteiger partial charge >= 0.3 is 0 Å². The van der Waals surface area contributed by atoms with Crippen molar-refractivity contribution in [2.75, 3.05) is 19.6 Å². The fraction of sp³-hybridized carbons (Fsp3) is 0.680. The number of piperidine rings is 1. The predicted octanol–water partition coefficient (Wildman–Crippen LogP) is 7.87. The molecule has 1 nitrogen and oxygen atoms in total. The van der Waals surface area contributed by atoms with Gasteiger partial charge in [-0.2, -0.15) is 0 Å². The topological polar surface area (TPSA) is 3.24 Å². The van der Waals surface area contributed by atoms with E-state index in [0.29, 0.717) is 11.3 Å². The van der Waals surface area contributed by atoms with Crippen molar-refractivity contribution in [1.29, 1.82) is 0 Å². The molecule has 0 amide bonds. The molecule has 28 heavy (non-hydrogen) atoms. The highest BCUT2D eigenvalue weighted by atomic mass is 35.5. The molecule has 2 aliphatic carbocycles. The molecule has 0 atom stereocenters. The molecule has 1 heterocycles. The van der Waals surface area contributed by atoms with Gasteiger partial charge in [0.25, 0.3) is 0 Å². The summed E-state index contributed by atoms with van der Waals surface area (Å²) < 4.78 is 0. The zero-order chi connectivity index (χ0) is 18.5. The van der Waals surface area contributed by atoms with Crippen LogP contribution in [0.25, 0.3) is 6.08 Å². The Hall–Kier alpha value is -0.500. The molecule has 1 aromatic carbocycles. The van der Waals surface area contributed by atoms with Gasteiger partial charge in [0.15, 0.2) is 0 Å². The number of benzene rings is 1. The third kappa shape index (κ3) is 5.55. The van der Waals surface area contributed by atoms with Crippen LogP contribution in [0.3, 0.4) is 0 Å². The van der Waals surface area contributed by atoms with E-state index in [1.165, 1.54) is 101 Å². The van der Waals surface area contributed by atoms with Crippen LogP contribution in [-0.2, 0) is 0 Å². The maximum absolute atomic E-state index is 6.63. The molecule has 0 aromatic heterocycles. The van der Waals surface area contributed by atoms with Crippen LogP contribution in [-0.4, -0.2) is 24.5 Å². The molecule has 1 spiro atoms. The van der Waals surface area contributed by atoms with E-state index >= 15 is 0 Å². The van der Waals surface area contributed by atoms with Gasteiger partial charge in [-0.25, -0.2) is 0 Å². The van der Waals surface area contributed by atoms with Crippen molar-refractivity contribution in [2.24, 2.45) is 5.41 Å². The number of likely N-dealkylation sites (tertiary alicyclic amines) is 1. The van der Waals surface area contributed by atoms with Crippen molar-refractivity contribution in [2.45, 2.75) is 83.0 Å². The van der Waals surface area contributed by atoms with Gasteiger partial charge < -0.3 is 0 Å². The first-order valence-corrected chi connectivity index (χ1v) is 11.8. The molecule has 1 aromatic rings. The van der Waals surface area contributed by atoms with Gasteiger partial charge in [0.2, 0.25) is 0 Å². The SMILES string of the molecule is Cl.Clc1cc(/C=C/CN2CCC3(CCCCC3)CC2)ccc1C1CCCCC1. The molecule has 2 saturated carbocycles. The van der Waals surface area contributed by atoms with E-state index in [1.807, 2.05) is 0 Å². The molecule has 3 aliphatic rings. The number of rotatable bonds is 4. The van der Waals surface area contributed by atoms with E-state index in [0.717, 1.165) is 11.6 Å². The number of halogens is 2. The third-order valence-electron chi connectivity index (χ3n) is 7.57. The van der Waals surface area contributed by atoms with Crippen molar-refractivity contribution in [3.8, 4) is 0 Å². The van der Waals surface area contributed by atoms with Crippen LogP contribution in [0.2, 0.25) is 5.02 Å². The molecule has 1 saturated heterocycles. The summed E-state index contributed by atoms with van der Waals surface area (Å²) in [7, 11) is 0. The quantitative estimate of drug-likeness (QED) is 0.477. The van der Waals surface area contributed by atoms with Crippen LogP contribution in [0.15, 0.2) is 24.3 Å². The first-order chi connectivity index (χ1) is 13.2. The van der Waals surface area contributed by atoms with Crippen molar-refractivity contribution >= 4 is 30.1 Å². The molecule has 1 aliphatic heterocycles. The van der Waals surface area contributed by atoms with E-state index in [9.17, 15) is 0 Å². The first-order valence-electron chi connectivity index (χ1n) is 11.4. The summed E-state index contributed by atoms with van der Waals surface area (Å²) in [5.41, 5.74) is 3.34. The van der Waals surface area contributed by atoms with E-state index in [1.54, 1.807) is 0 Å². The molecule has 0 N–H and O–H groups in total. The van der Waals surface area contributed by atoms with Crippen LogP contribution in [0.1, 0.15) is 94.1 Å². The smallest absolute Gasteiger partial charge is 0.0446 e. The molecule has 3 fully saturated rings. The second-order valence-corrected chi connectivity index (χ2v) is 9.79. The zero-order valence-corrected chi connectivity index (χ0v) is 18.9. The Morgan fingerprint density at radius 2 is 1.61 bits per heavy atom. The second kappa shape index (κ2) is 10.5. The Kier molecular flexibility index (Phi) is 8.33. The first kappa shape index (κ1) is 22.2. The Labute approximate surface area is 183 Å². The maximum Gasteiger partial charge on any atom is 0.0446 e. The van der Waals surface area contributed by atoms with Crippen LogP contribution in [0, 0.1) is 5.41 Å². The second-order valence-electron chi connectivity index (χ2n) is 9.38. The summed E-state index contributed by atoms with van der Waals surface area (Å²) in [5, 5.41) is 0.973. The van der Waals surface area contributed by atoms with E-state index in [-0.39, 0.29) is 12.4 Å². The molecular weight excluding hydrogens is 385 g/mol. The van der Waals surface area contributed by atoms with Gasteiger partial charge in [-0.05, 0) is 80.1 Å². The van der Waals surface area contributed by atoms with Gasteiger partial charge in [-0.3, -0.25) is 4.90 Å². The Balaban J connectivity index is 0.00000225. The average Bonchev–Trinajstić information content (AvgIpc) is 2.71. The number of nitrogens with zero attached hydrogens (tertiary/aromatic N) is 1. The molecule has 4 rings (SSSR count). The predicted molar refractivity (Wildman–Crippen MR) is 125 cm³/mol. The highest BCUT2D eigenvalue weighted by Gasteiger charge is 2.34. The fourth-order valence-electron chi connectivity index (χ4n) is 5.74. The molecular formula is C25H37Cl2N. The summed E-state index contributed by atoms with van der Waals surface area (Å²) in [5.74, 6) is 0.685. The van der Waals surface area contributed by atoms with Crippen LogP contribution in [0.4, 0.5) is 0 Å². The Morgan fingerprint density at radius 3 is 2.29 bits per heavy atom. The highest BCUT2D eigenvalue weighted by molar-refractivity contribution is 6.31. The van der Waals surface area contributed by atoms with Crippen LogP contribution in [0.5, 0.6) is 0 Å². The minimum absolute atomic E-state index is 0. The average molecular weight is 422 g/mol. The van der Waals surface area contributed by atoms with Crippen LogP contribution >= 0.6 is 24.0 Å². The molecule has 0 radical (unpaired) electrons. The van der Waals surface area contributed by atoms with Crippen molar-refractivity contribution < 1.29 is 0 Å².